The largest absolute Gasteiger partial charge is 0.480 e. The summed E-state index contributed by atoms with van der Waals surface area (Å²) in [7, 11) is 0. The van der Waals surface area contributed by atoms with E-state index in [0.717, 1.165) is 6.42 Å². The fourth-order valence-electron chi connectivity index (χ4n) is 0.912. The number of aliphatic hydroxyl groups is 1. The number of urea groups is 1. The molecule has 0 aromatic rings. The molecule has 15 heavy (non-hydrogen) atoms. The second kappa shape index (κ2) is 7.05. The molecular formula is C9H18N2O4. The highest BCUT2D eigenvalue weighted by Crippen LogP contribution is 1.93. The van der Waals surface area contributed by atoms with Gasteiger partial charge < -0.3 is 20.8 Å². The minimum atomic E-state index is -1.15. The van der Waals surface area contributed by atoms with E-state index in [1.165, 1.54) is 0 Å². The molecule has 0 saturated carbocycles. The van der Waals surface area contributed by atoms with Gasteiger partial charge in [-0.05, 0) is 13.3 Å². The van der Waals surface area contributed by atoms with Crippen molar-refractivity contribution >= 4 is 12.0 Å². The topological polar surface area (TPSA) is 98.7 Å². The molecule has 0 aliphatic carbocycles. The number of carbonyl (C=O) groups excluding carboxylic acids is 1. The summed E-state index contributed by atoms with van der Waals surface area (Å²) in [5.74, 6) is -1.15. The van der Waals surface area contributed by atoms with Crippen LogP contribution in [0.5, 0.6) is 0 Å². The SMILES string of the molecule is CCC(C)NC(=O)N[C@H](CCO)C(=O)O. The highest BCUT2D eigenvalue weighted by Gasteiger charge is 2.19. The standard InChI is InChI=1S/C9H18N2O4/c1-3-6(2)10-9(15)11-7(4-5-12)8(13)14/h6-7,12H,3-5H2,1-2H3,(H,13,14)(H2,10,11,15)/t6?,7-/m1/s1. The molecule has 0 aliphatic heterocycles. The van der Waals surface area contributed by atoms with Crippen LogP contribution in [0.2, 0.25) is 0 Å². The Kier molecular flexibility index (Phi) is 6.44. The third kappa shape index (κ3) is 5.90. The van der Waals surface area contributed by atoms with E-state index in [1.54, 1.807) is 0 Å². The molecule has 4 N–H and O–H groups in total. The number of amides is 2. The smallest absolute Gasteiger partial charge is 0.326 e. The number of carboxylic acids is 1. The lowest BCUT2D eigenvalue weighted by Crippen LogP contribution is -2.48. The fourth-order valence-corrected chi connectivity index (χ4v) is 0.912. The van der Waals surface area contributed by atoms with Gasteiger partial charge in [-0.2, -0.15) is 0 Å². The van der Waals surface area contributed by atoms with Crippen LogP contribution in [0.3, 0.4) is 0 Å². The third-order valence-corrected chi connectivity index (χ3v) is 2.01. The minimum Gasteiger partial charge on any atom is -0.480 e. The Hall–Kier alpha value is -1.30. The van der Waals surface area contributed by atoms with E-state index in [2.05, 4.69) is 10.6 Å². The number of carbonyl (C=O) groups is 2. The Bertz CT molecular complexity index is 220. The van der Waals surface area contributed by atoms with E-state index in [4.69, 9.17) is 10.2 Å². The number of nitrogens with one attached hydrogen (secondary N) is 2. The Morgan fingerprint density at radius 2 is 1.93 bits per heavy atom. The maximum atomic E-state index is 11.2. The summed E-state index contributed by atoms with van der Waals surface area (Å²) < 4.78 is 0. The molecule has 0 heterocycles. The normalized spacial score (nSPS) is 14.1. The summed E-state index contributed by atoms with van der Waals surface area (Å²) in [6.45, 7) is 3.45. The number of rotatable bonds is 6. The molecule has 0 spiro atoms. The first kappa shape index (κ1) is 13.7. The van der Waals surface area contributed by atoms with E-state index in [-0.39, 0.29) is 19.1 Å². The van der Waals surface area contributed by atoms with Crippen LogP contribution in [0.15, 0.2) is 0 Å². The quantitative estimate of drug-likeness (QED) is 0.501. The predicted octanol–water partition coefficient (Wildman–Crippen LogP) is -0.0803. The lowest BCUT2D eigenvalue weighted by molar-refractivity contribution is -0.139. The Labute approximate surface area is 88.7 Å². The molecule has 0 rings (SSSR count). The van der Waals surface area contributed by atoms with Gasteiger partial charge in [0.1, 0.15) is 6.04 Å². The van der Waals surface area contributed by atoms with Crippen molar-refractivity contribution in [1.29, 1.82) is 0 Å². The monoisotopic (exact) mass is 218 g/mol. The molecule has 0 aromatic carbocycles. The van der Waals surface area contributed by atoms with Crippen molar-refractivity contribution in [2.24, 2.45) is 0 Å². The molecule has 0 aromatic heterocycles. The van der Waals surface area contributed by atoms with Crippen LogP contribution in [0.1, 0.15) is 26.7 Å². The maximum absolute atomic E-state index is 11.2. The van der Waals surface area contributed by atoms with Gasteiger partial charge in [-0.15, -0.1) is 0 Å². The molecule has 6 nitrogen and oxygen atoms in total. The molecule has 2 atom stereocenters. The van der Waals surface area contributed by atoms with Crippen LogP contribution in [0.4, 0.5) is 4.79 Å². The van der Waals surface area contributed by atoms with Gasteiger partial charge in [-0.25, -0.2) is 9.59 Å². The zero-order valence-electron chi connectivity index (χ0n) is 8.99. The van der Waals surface area contributed by atoms with Crippen LogP contribution in [0, 0.1) is 0 Å². The number of hydrogen-bond acceptors (Lipinski definition) is 3. The van der Waals surface area contributed by atoms with E-state index in [1.807, 2.05) is 13.8 Å². The summed E-state index contributed by atoms with van der Waals surface area (Å²) in [6.07, 6.45) is 0.772. The zero-order chi connectivity index (χ0) is 11.8. The lowest BCUT2D eigenvalue weighted by Gasteiger charge is -2.16. The number of aliphatic carboxylic acids is 1. The first-order valence-electron chi connectivity index (χ1n) is 4.92. The van der Waals surface area contributed by atoms with Crippen molar-refractivity contribution in [3.8, 4) is 0 Å². The molecule has 0 aliphatic rings. The van der Waals surface area contributed by atoms with Crippen molar-refractivity contribution in [3.05, 3.63) is 0 Å². The first-order chi connectivity index (χ1) is 7.01. The molecule has 0 radical (unpaired) electrons. The van der Waals surface area contributed by atoms with Crippen LogP contribution in [0.25, 0.3) is 0 Å². The number of aliphatic hydroxyl groups excluding tert-OH is 1. The van der Waals surface area contributed by atoms with Gasteiger partial charge in [0.25, 0.3) is 0 Å². The Morgan fingerprint density at radius 3 is 2.33 bits per heavy atom. The van der Waals surface area contributed by atoms with Crippen molar-refractivity contribution in [2.45, 2.75) is 38.8 Å². The van der Waals surface area contributed by atoms with Crippen LogP contribution in [-0.2, 0) is 4.79 Å². The van der Waals surface area contributed by atoms with Gasteiger partial charge in [0.2, 0.25) is 0 Å². The van der Waals surface area contributed by atoms with Crippen molar-refractivity contribution < 1.29 is 19.8 Å². The summed E-state index contributed by atoms with van der Waals surface area (Å²) >= 11 is 0. The van der Waals surface area contributed by atoms with E-state index in [9.17, 15) is 9.59 Å². The van der Waals surface area contributed by atoms with Crippen LogP contribution in [-0.4, -0.2) is 40.9 Å². The second-order valence-electron chi connectivity index (χ2n) is 3.33. The molecule has 6 heteroatoms. The molecule has 1 unspecified atom stereocenters. The highest BCUT2D eigenvalue weighted by atomic mass is 16.4. The van der Waals surface area contributed by atoms with Gasteiger partial charge in [-0.1, -0.05) is 6.92 Å². The second-order valence-corrected chi connectivity index (χ2v) is 3.33. The van der Waals surface area contributed by atoms with E-state index >= 15 is 0 Å². The van der Waals surface area contributed by atoms with Crippen molar-refractivity contribution in [2.75, 3.05) is 6.61 Å². The molecule has 0 saturated heterocycles. The van der Waals surface area contributed by atoms with Gasteiger partial charge in [-0.3, -0.25) is 0 Å². The number of hydrogen-bond donors (Lipinski definition) is 4. The average Bonchev–Trinajstić information content (AvgIpc) is 2.16. The molecule has 0 bridgehead atoms. The average molecular weight is 218 g/mol. The van der Waals surface area contributed by atoms with E-state index < -0.39 is 18.0 Å². The zero-order valence-corrected chi connectivity index (χ0v) is 8.99. The van der Waals surface area contributed by atoms with E-state index in [0.29, 0.717) is 0 Å². The Morgan fingerprint density at radius 1 is 1.33 bits per heavy atom. The van der Waals surface area contributed by atoms with Crippen molar-refractivity contribution in [1.82, 2.24) is 10.6 Å². The summed E-state index contributed by atoms with van der Waals surface area (Å²) in [5, 5.41) is 22.1. The molecule has 2 amide bonds. The van der Waals surface area contributed by atoms with Gasteiger partial charge in [0.15, 0.2) is 0 Å². The van der Waals surface area contributed by atoms with Crippen molar-refractivity contribution in [3.63, 3.8) is 0 Å². The predicted molar refractivity (Wildman–Crippen MR) is 54.5 cm³/mol. The van der Waals surface area contributed by atoms with Gasteiger partial charge >= 0.3 is 12.0 Å². The summed E-state index contributed by atoms with van der Waals surface area (Å²) in [5.41, 5.74) is 0. The van der Waals surface area contributed by atoms with Gasteiger partial charge in [0, 0.05) is 19.1 Å². The molecule has 88 valence electrons. The minimum absolute atomic E-state index is 0.00323. The van der Waals surface area contributed by atoms with Crippen LogP contribution < -0.4 is 10.6 Å². The first-order valence-corrected chi connectivity index (χ1v) is 4.92. The summed E-state index contributed by atoms with van der Waals surface area (Å²) in [6, 6.07) is -1.57. The summed E-state index contributed by atoms with van der Waals surface area (Å²) in [4.78, 5) is 21.9. The Balaban J connectivity index is 4.05. The molecule has 0 fully saturated rings. The fraction of sp³-hybridized carbons (Fsp3) is 0.778. The third-order valence-electron chi connectivity index (χ3n) is 2.01. The maximum Gasteiger partial charge on any atom is 0.326 e. The van der Waals surface area contributed by atoms with Gasteiger partial charge in [0.05, 0.1) is 0 Å². The number of carboxylic acid groups (broad SMARTS) is 1. The molecular weight excluding hydrogens is 200 g/mol. The highest BCUT2D eigenvalue weighted by molar-refractivity contribution is 5.82. The van der Waals surface area contributed by atoms with Crippen LogP contribution >= 0.6 is 0 Å². The lowest BCUT2D eigenvalue weighted by atomic mass is 10.2.